The van der Waals surface area contributed by atoms with Crippen molar-refractivity contribution in [2.75, 3.05) is 13.6 Å². The second kappa shape index (κ2) is 7.11. The van der Waals surface area contributed by atoms with Crippen molar-refractivity contribution in [3.63, 3.8) is 0 Å². The summed E-state index contributed by atoms with van der Waals surface area (Å²) in [5.41, 5.74) is 0.954. The summed E-state index contributed by atoms with van der Waals surface area (Å²) < 4.78 is 5.37. The number of hydrogen-bond donors (Lipinski definition) is 1. The third kappa shape index (κ3) is 5.53. The predicted octanol–water partition coefficient (Wildman–Crippen LogP) is 3.33. The van der Waals surface area contributed by atoms with E-state index in [4.69, 9.17) is 4.74 Å². The fourth-order valence-corrected chi connectivity index (χ4v) is 2.64. The fourth-order valence-electron chi connectivity index (χ4n) is 2.64. The maximum Gasteiger partial charge on any atom is 0.407 e. The van der Waals surface area contributed by atoms with E-state index in [1.807, 2.05) is 20.8 Å². The maximum absolute atomic E-state index is 12.0. The lowest BCUT2D eigenvalue weighted by Crippen LogP contribution is -2.52. The third-order valence-corrected chi connectivity index (χ3v) is 3.56. The van der Waals surface area contributed by atoms with E-state index in [0.29, 0.717) is 6.04 Å². The molecule has 20 heavy (non-hydrogen) atoms. The largest absolute Gasteiger partial charge is 0.444 e. The molecular weight excluding hydrogens is 252 g/mol. The zero-order chi connectivity index (χ0) is 15.3. The number of likely N-dealkylation sites (N-methyl/N-ethyl adjacent to an activating group) is 1. The lowest BCUT2D eigenvalue weighted by atomic mass is 9.90. The molecule has 0 saturated carbocycles. The Hall–Kier alpha value is -1.03. The lowest BCUT2D eigenvalue weighted by molar-refractivity contribution is 0.0464. The molecule has 0 saturated heterocycles. The van der Waals surface area contributed by atoms with E-state index in [2.05, 4.69) is 37.2 Å². The average molecular weight is 282 g/mol. The van der Waals surface area contributed by atoms with E-state index >= 15 is 0 Å². The molecule has 0 aromatic rings. The van der Waals surface area contributed by atoms with Crippen molar-refractivity contribution in [1.82, 2.24) is 10.2 Å². The van der Waals surface area contributed by atoms with Gasteiger partial charge >= 0.3 is 6.09 Å². The van der Waals surface area contributed by atoms with Crippen molar-refractivity contribution in [2.45, 2.75) is 71.6 Å². The van der Waals surface area contributed by atoms with Crippen LogP contribution < -0.4 is 5.32 Å². The van der Waals surface area contributed by atoms with Crippen LogP contribution in [0.3, 0.4) is 0 Å². The normalized spacial score (nSPS) is 23.4. The van der Waals surface area contributed by atoms with E-state index in [1.54, 1.807) is 0 Å². The molecule has 0 aliphatic heterocycles. The van der Waals surface area contributed by atoms with Gasteiger partial charge in [0.2, 0.25) is 0 Å². The Morgan fingerprint density at radius 3 is 2.70 bits per heavy atom. The van der Waals surface area contributed by atoms with Crippen molar-refractivity contribution < 1.29 is 9.53 Å². The first-order valence-electron chi connectivity index (χ1n) is 7.58. The fraction of sp³-hybridized carbons (Fsp3) is 0.812. The van der Waals surface area contributed by atoms with Crippen molar-refractivity contribution in [3.05, 3.63) is 11.6 Å². The number of amides is 1. The maximum atomic E-state index is 12.0. The average Bonchev–Trinajstić information content (AvgIpc) is 2.29. The van der Waals surface area contributed by atoms with Crippen LogP contribution in [0.1, 0.15) is 53.9 Å². The van der Waals surface area contributed by atoms with Crippen LogP contribution in [0.25, 0.3) is 0 Å². The Bertz CT molecular complexity index is 358. The first-order chi connectivity index (χ1) is 9.23. The topological polar surface area (TPSA) is 41.6 Å². The molecule has 0 aromatic heterocycles. The van der Waals surface area contributed by atoms with Crippen LogP contribution in [-0.4, -0.2) is 42.3 Å². The van der Waals surface area contributed by atoms with Crippen LogP contribution in [0, 0.1) is 0 Å². The molecule has 4 heteroatoms. The lowest BCUT2D eigenvalue weighted by Gasteiger charge is -2.37. The molecule has 4 nitrogen and oxygen atoms in total. The Labute approximate surface area is 123 Å². The van der Waals surface area contributed by atoms with E-state index in [-0.39, 0.29) is 12.1 Å². The monoisotopic (exact) mass is 282 g/mol. The molecule has 0 aromatic carbocycles. The van der Waals surface area contributed by atoms with Crippen molar-refractivity contribution in [1.29, 1.82) is 0 Å². The molecule has 1 aliphatic rings. The van der Waals surface area contributed by atoms with Crippen LogP contribution >= 0.6 is 0 Å². The van der Waals surface area contributed by atoms with E-state index in [1.165, 1.54) is 5.57 Å². The summed E-state index contributed by atoms with van der Waals surface area (Å²) in [5.74, 6) is 0. The number of nitrogens with zero attached hydrogens (tertiary/aromatic N) is 1. The van der Waals surface area contributed by atoms with Gasteiger partial charge in [0, 0.05) is 6.04 Å². The molecule has 1 N–H and O–H groups in total. The summed E-state index contributed by atoms with van der Waals surface area (Å²) in [6, 6.07) is 0.484. The van der Waals surface area contributed by atoms with Gasteiger partial charge in [-0.2, -0.15) is 0 Å². The minimum Gasteiger partial charge on any atom is -0.444 e. The third-order valence-electron chi connectivity index (χ3n) is 3.56. The summed E-state index contributed by atoms with van der Waals surface area (Å²) in [5, 5.41) is 3.04. The zero-order valence-corrected chi connectivity index (χ0v) is 13.8. The minimum atomic E-state index is -0.449. The number of rotatable bonds is 4. The number of nitrogens with one attached hydrogen (secondary N) is 1. The smallest absolute Gasteiger partial charge is 0.407 e. The molecule has 116 valence electrons. The van der Waals surface area contributed by atoms with Crippen LogP contribution in [0.4, 0.5) is 4.79 Å². The van der Waals surface area contributed by atoms with Gasteiger partial charge in [-0.3, -0.25) is 0 Å². The van der Waals surface area contributed by atoms with E-state index in [0.717, 1.165) is 25.8 Å². The first-order valence-corrected chi connectivity index (χ1v) is 7.58. The second-order valence-electron chi connectivity index (χ2n) is 6.79. The van der Waals surface area contributed by atoms with Crippen LogP contribution in [0.2, 0.25) is 0 Å². The van der Waals surface area contributed by atoms with Crippen LogP contribution in [0.5, 0.6) is 0 Å². The highest BCUT2D eigenvalue weighted by Gasteiger charge is 2.30. The molecular formula is C16H30N2O2. The molecule has 0 heterocycles. The van der Waals surface area contributed by atoms with E-state index < -0.39 is 5.60 Å². The summed E-state index contributed by atoms with van der Waals surface area (Å²) in [6.45, 7) is 11.0. The van der Waals surface area contributed by atoms with Gasteiger partial charge in [-0.25, -0.2) is 4.79 Å². The Morgan fingerprint density at radius 1 is 1.50 bits per heavy atom. The molecule has 1 rings (SSSR count). The van der Waals surface area contributed by atoms with Gasteiger partial charge in [0.15, 0.2) is 0 Å². The molecule has 2 atom stereocenters. The number of alkyl carbamates (subject to hydrolysis) is 1. The molecule has 0 radical (unpaired) electrons. The summed E-state index contributed by atoms with van der Waals surface area (Å²) >= 11 is 0. The highest BCUT2D eigenvalue weighted by atomic mass is 16.6. The summed E-state index contributed by atoms with van der Waals surface area (Å²) in [7, 11) is 2.14. The minimum absolute atomic E-state index is 0.130. The first kappa shape index (κ1) is 17.0. The van der Waals surface area contributed by atoms with E-state index in [9.17, 15) is 4.79 Å². The summed E-state index contributed by atoms with van der Waals surface area (Å²) in [6.07, 6.45) is 4.92. The Balaban J connectivity index is 2.67. The van der Waals surface area contributed by atoms with Crippen LogP contribution in [-0.2, 0) is 4.74 Å². The zero-order valence-electron chi connectivity index (χ0n) is 13.8. The van der Waals surface area contributed by atoms with Crippen LogP contribution in [0.15, 0.2) is 11.6 Å². The summed E-state index contributed by atoms with van der Waals surface area (Å²) in [4.78, 5) is 14.3. The highest BCUT2D eigenvalue weighted by Crippen LogP contribution is 2.23. The molecule has 1 amide bonds. The van der Waals surface area contributed by atoms with Gasteiger partial charge in [-0.15, -0.1) is 0 Å². The second-order valence-corrected chi connectivity index (χ2v) is 6.79. The molecule has 1 unspecified atom stereocenters. The van der Waals surface area contributed by atoms with Crippen molar-refractivity contribution in [3.8, 4) is 0 Å². The Morgan fingerprint density at radius 2 is 2.15 bits per heavy atom. The quantitative estimate of drug-likeness (QED) is 0.804. The van der Waals surface area contributed by atoms with Gasteiger partial charge in [0.05, 0.1) is 6.04 Å². The number of carbonyl (C=O) groups is 1. The van der Waals surface area contributed by atoms with Gasteiger partial charge in [0.1, 0.15) is 5.60 Å². The predicted molar refractivity (Wildman–Crippen MR) is 82.9 cm³/mol. The molecule has 1 aliphatic carbocycles. The molecule has 0 bridgehead atoms. The van der Waals surface area contributed by atoms with Gasteiger partial charge < -0.3 is 15.0 Å². The number of hydrogen-bond acceptors (Lipinski definition) is 3. The SMILES string of the molecule is CCCN(C)[C@H]1CC(C)=CCC1NC(=O)OC(C)(C)C. The molecule has 0 fully saturated rings. The molecule has 0 spiro atoms. The van der Waals surface area contributed by atoms with Crippen molar-refractivity contribution in [2.24, 2.45) is 0 Å². The number of carbonyl (C=O) groups excluding carboxylic acids is 1. The van der Waals surface area contributed by atoms with Crippen molar-refractivity contribution >= 4 is 6.09 Å². The highest BCUT2D eigenvalue weighted by molar-refractivity contribution is 5.68. The van der Waals surface area contributed by atoms with Gasteiger partial charge in [-0.05, 0) is 60.5 Å². The van der Waals surface area contributed by atoms with Gasteiger partial charge in [0.25, 0.3) is 0 Å². The Kier molecular flexibility index (Phi) is 6.06. The number of ether oxygens (including phenoxy) is 1. The standard InChI is InChI=1S/C16H30N2O2/c1-7-10-18(6)14-11-12(2)8-9-13(14)17-15(19)20-16(3,4)5/h8,13-14H,7,9-11H2,1-6H3,(H,17,19)/t13?,14-/m0/s1. The van der Waals surface area contributed by atoms with Gasteiger partial charge in [-0.1, -0.05) is 18.6 Å².